The second-order valence-corrected chi connectivity index (χ2v) is 6.33. The van der Waals surface area contributed by atoms with Crippen molar-refractivity contribution in [1.29, 1.82) is 0 Å². The van der Waals surface area contributed by atoms with E-state index in [1.54, 1.807) is 0 Å². The first-order valence-corrected chi connectivity index (χ1v) is 7.79. The van der Waals surface area contributed by atoms with Crippen LogP contribution in [0.15, 0.2) is 0 Å². The maximum atomic E-state index is 10.8. The lowest BCUT2D eigenvalue weighted by Gasteiger charge is -2.36. The molecule has 2 heterocycles. The highest BCUT2D eigenvalue weighted by molar-refractivity contribution is 5.67. The summed E-state index contributed by atoms with van der Waals surface area (Å²) in [5, 5.41) is 8.90. The minimum Gasteiger partial charge on any atom is -0.481 e. The maximum Gasteiger partial charge on any atom is 0.303 e. The molecule has 2 unspecified atom stereocenters. The Balaban J connectivity index is 1.71. The molecule has 0 spiro atoms. The Morgan fingerprint density at radius 1 is 1.21 bits per heavy atom. The van der Waals surface area contributed by atoms with Gasteiger partial charge in [0, 0.05) is 19.0 Å². The number of hydrogen-bond donors (Lipinski definition) is 1. The van der Waals surface area contributed by atoms with Gasteiger partial charge in [-0.25, -0.2) is 0 Å². The van der Waals surface area contributed by atoms with Gasteiger partial charge in [0.15, 0.2) is 0 Å². The van der Waals surface area contributed by atoms with E-state index in [1.807, 2.05) is 0 Å². The van der Waals surface area contributed by atoms with Gasteiger partial charge in [0.1, 0.15) is 0 Å². The summed E-state index contributed by atoms with van der Waals surface area (Å²) in [7, 11) is 2.24. The van der Waals surface area contributed by atoms with Crippen LogP contribution >= 0.6 is 0 Å². The number of piperidine rings is 2. The molecule has 4 heteroatoms. The lowest BCUT2D eigenvalue weighted by atomic mass is 9.94. The zero-order chi connectivity index (χ0) is 13.7. The Morgan fingerprint density at radius 2 is 2.05 bits per heavy atom. The largest absolute Gasteiger partial charge is 0.481 e. The van der Waals surface area contributed by atoms with Crippen LogP contribution in [0.4, 0.5) is 0 Å². The molecule has 0 aromatic rings. The van der Waals surface area contributed by atoms with Crippen molar-refractivity contribution < 1.29 is 9.90 Å². The molecule has 2 aliphatic heterocycles. The summed E-state index contributed by atoms with van der Waals surface area (Å²) in [6.07, 6.45) is 7.90. The Morgan fingerprint density at radius 3 is 2.79 bits per heavy atom. The molecular weight excluding hydrogens is 240 g/mol. The van der Waals surface area contributed by atoms with E-state index in [0.29, 0.717) is 12.3 Å². The molecule has 0 aromatic heterocycles. The van der Waals surface area contributed by atoms with Crippen LogP contribution in [0, 0.1) is 5.92 Å². The topological polar surface area (TPSA) is 43.8 Å². The third-order valence-corrected chi connectivity index (χ3v) is 4.77. The van der Waals surface area contributed by atoms with E-state index in [1.165, 1.54) is 38.6 Å². The number of aliphatic carboxylic acids is 1. The van der Waals surface area contributed by atoms with Crippen LogP contribution in [-0.2, 0) is 4.79 Å². The van der Waals surface area contributed by atoms with Gasteiger partial charge in [0.2, 0.25) is 0 Å². The van der Waals surface area contributed by atoms with E-state index >= 15 is 0 Å². The van der Waals surface area contributed by atoms with Gasteiger partial charge in [-0.3, -0.25) is 4.79 Å². The maximum absolute atomic E-state index is 10.8. The Bertz CT molecular complexity index is 296. The molecular formula is C15H28N2O2. The molecule has 0 radical (unpaired) electrons. The van der Waals surface area contributed by atoms with Crippen molar-refractivity contribution in [2.75, 3.05) is 33.2 Å². The highest BCUT2D eigenvalue weighted by Crippen LogP contribution is 2.22. The molecule has 2 aliphatic rings. The van der Waals surface area contributed by atoms with Crippen LogP contribution in [-0.4, -0.2) is 60.1 Å². The van der Waals surface area contributed by atoms with Crippen molar-refractivity contribution in [1.82, 2.24) is 9.80 Å². The molecule has 0 saturated carbocycles. The second-order valence-electron chi connectivity index (χ2n) is 6.33. The number of carbonyl (C=O) groups is 1. The van der Waals surface area contributed by atoms with E-state index in [9.17, 15) is 4.79 Å². The van der Waals surface area contributed by atoms with Crippen molar-refractivity contribution in [2.45, 2.75) is 51.0 Å². The van der Waals surface area contributed by atoms with E-state index in [2.05, 4.69) is 16.8 Å². The Hall–Kier alpha value is -0.610. The van der Waals surface area contributed by atoms with Crippen molar-refractivity contribution in [3.63, 3.8) is 0 Å². The van der Waals surface area contributed by atoms with E-state index in [4.69, 9.17) is 5.11 Å². The van der Waals surface area contributed by atoms with Crippen molar-refractivity contribution >= 4 is 5.97 Å². The van der Waals surface area contributed by atoms with Gasteiger partial charge in [-0.1, -0.05) is 6.42 Å². The number of likely N-dealkylation sites (tertiary alicyclic amines) is 2. The molecule has 19 heavy (non-hydrogen) atoms. The number of carboxylic acids is 1. The highest BCUT2D eigenvalue weighted by atomic mass is 16.4. The molecule has 2 atom stereocenters. The van der Waals surface area contributed by atoms with Crippen LogP contribution in [0.25, 0.3) is 0 Å². The van der Waals surface area contributed by atoms with E-state index in [-0.39, 0.29) is 0 Å². The van der Waals surface area contributed by atoms with Gasteiger partial charge in [-0.2, -0.15) is 0 Å². The van der Waals surface area contributed by atoms with Crippen LogP contribution in [0.5, 0.6) is 0 Å². The molecule has 0 bridgehead atoms. The second kappa shape index (κ2) is 7.25. The lowest BCUT2D eigenvalue weighted by molar-refractivity contribution is -0.138. The number of hydrogen-bond acceptors (Lipinski definition) is 3. The van der Waals surface area contributed by atoms with Gasteiger partial charge in [-0.15, -0.1) is 0 Å². The average molecular weight is 268 g/mol. The SMILES string of the molecule is CN1CCCCC1CCN1CCCC(CC(=O)O)C1. The van der Waals surface area contributed by atoms with Gasteiger partial charge < -0.3 is 14.9 Å². The summed E-state index contributed by atoms with van der Waals surface area (Å²) >= 11 is 0. The molecule has 1 N–H and O–H groups in total. The number of rotatable bonds is 5. The summed E-state index contributed by atoms with van der Waals surface area (Å²) in [5.74, 6) is -0.269. The summed E-state index contributed by atoms with van der Waals surface area (Å²) in [5.41, 5.74) is 0. The molecule has 0 aromatic carbocycles. The lowest BCUT2D eigenvalue weighted by Crippen LogP contribution is -2.41. The molecule has 4 nitrogen and oxygen atoms in total. The van der Waals surface area contributed by atoms with Crippen LogP contribution in [0.1, 0.15) is 44.9 Å². The summed E-state index contributed by atoms with van der Waals surface area (Å²) in [6.45, 7) is 4.53. The summed E-state index contributed by atoms with van der Waals surface area (Å²) in [6, 6.07) is 0.744. The fourth-order valence-corrected chi connectivity index (χ4v) is 3.61. The van der Waals surface area contributed by atoms with Gasteiger partial charge in [-0.05, 0) is 64.7 Å². The van der Waals surface area contributed by atoms with Crippen LogP contribution in [0.3, 0.4) is 0 Å². The first-order valence-electron chi connectivity index (χ1n) is 7.79. The van der Waals surface area contributed by atoms with E-state index in [0.717, 1.165) is 32.1 Å². The zero-order valence-corrected chi connectivity index (χ0v) is 12.2. The predicted octanol–water partition coefficient (Wildman–Crippen LogP) is 2.05. The van der Waals surface area contributed by atoms with Crippen LogP contribution in [0.2, 0.25) is 0 Å². The van der Waals surface area contributed by atoms with Gasteiger partial charge in [0.25, 0.3) is 0 Å². The first-order chi connectivity index (χ1) is 9.15. The van der Waals surface area contributed by atoms with Crippen LogP contribution < -0.4 is 0 Å². The normalized spacial score (nSPS) is 30.4. The Labute approximate surface area is 116 Å². The van der Waals surface area contributed by atoms with Gasteiger partial charge in [0.05, 0.1) is 0 Å². The number of nitrogens with zero attached hydrogens (tertiary/aromatic N) is 2. The minimum absolute atomic E-state index is 0.347. The standard InChI is InChI=1S/C15H28N2O2/c1-16-8-3-2-6-14(16)7-10-17-9-4-5-13(12-17)11-15(18)19/h13-14H,2-12H2,1H3,(H,18,19). The number of carboxylic acid groups (broad SMARTS) is 1. The van der Waals surface area contributed by atoms with E-state index < -0.39 is 5.97 Å². The zero-order valence-electron chi connectivity index (χ0n) is 12.2. The molecule has 2 fully saturated rings. The summed E-state index contributed by atoms with van der Waals surface area (Å²) < 4.78 is 0. The predicted molar refractivity (Wildman–Crippen MR) is 76.3 cm³/mol. The molecule has 2 saturated heterocycles. The third-order valence-electron chi connectivity index (χ3n) is 4.77. The molecule has 110 valence electrons. The fourth-order valence-electron chi connectivity index (χ4n) is 3.61. The highest BCUT2D eigenvalue weighted by Gasteiger charge is 2.24. The first kappa shape index (κ1) is 14.8. The van der Waals surface area contributed by atoms with Crippen molar-refractivity contribution in [3.8, 4) is 0 Å². The Kier molecular flexibility index (Phi) is 5.64. The monoisotopic (exact) mass is 268 g/mol. The molecule has 2 rings (SSSR count). The third kappa shape index (κ3) is 4.77. The van der Waals surface area contributed by atoms with Gasteiger partial charge >= 0.3 is 5.97 Å². The molecule has 0 aliphatic carbocycles. The average Bonchev–Trinajstić information content (AvgIpc) is 2.37. The van der Waals surface area contributed by atoms with Crippen molar-refractivity contribution in [3.05, 3.63) is 0 Å². The van der Waals surface area contributed by atoms with Crippen molar-refractivity contribution in [2.24, 2.45) is 5.92 Å². The quantitative estimate of drug-likeness (QED) is 0.829. The fraction of sp³-hybridized carbons (Fsp3) is 0.933. The molecule has 0 amide bonds. The smallest absolute Gasteiger partial charge is 0.303 e. The minimum atomic E-state index is -0.640. The summed E-state index contributed by atoms with van der Waals surface area (Å²) in [4.78, 5) is 15.8.